The Morgan fingerprint density at radius 3 is 1.24 bits per heavy atom. The number of esters is 2. The molecule has 118 heavy (non-hydrogen) atoms. The third-order valence-electron chi connectivity index (χ3n) is 17.3. The number of alkyl halides is 7. The molecule has 10 heterocycles. The van der Waals surface area contributed by atoms with Gasteiger partial charge in [-0.3, -0.25) is 19.2 Å². The number of nitrogens with one attached hydrogen (secondary N) is 2. The van der Waals surface area contributed by atoms with Crippen LogP contribution in [-0.4, -0.2) is 149 Å². The minimum absolute atomic E-state index is 0.0704. The van der Waals surface area contributed by atoms with Crippen molar-refractivity contribution in [1.29, 1.82) is 21.0 Å². The number of likely N-dealkylation sites (tertiary alicyclic amines) is 1. The molecule has 34 heteroatoms. The lowest BCUT2D eigenvalue weighted by molar-refractivity contribution is -0.272. The summed E-state index contributed by atoms with van der Waals surface area (Å²) in [6.07, 6.45) is 3.61. The molecule has 0 radical (unpaired) electrons. The van der Waals surface area contributed by atoms with E-state index >= 15 is 0 Å². The van der Waals surface area contributed by atoms with Crippen molar-refractivity contribution in [2.75, 3.05) is 31.5 Å². The smallest absolute Gasteiger partial charge is 0.418 e. The number of carboxylic acid groups (broad SMARTS) is 1. The van der Waals surface area contributed by atoms with Gasteiger partial charge in [0.1, 0.15) is 59.2 Å². The Morgan fingerprint density at radius 1 is 0.500 bits per heavy atom. The number of fused-ring (bicyclic) bond motifs is 4. The fourth-order valence-electron chi connectivity index (χ4n) is 11.9. The van der Waals surface area contributed by atoms with Crippen molar-refractivity contribution in [1.82, 2.24) is 48.8 Å². The molecule has 612 valence electrons. The fourth-order valence-corrected chi connectivity index (χ4v) is 12.0. The van der Waals surface area contributed by atoms with E-state index in [2.05, 4.69) is 58.3 Å². The summed E-state index contributed by atoms with van der Waals surface area (Å²) in [5, 5.41) is 69.7. The molecule has 0 spiro atoms. The number of pyridine rings is 4. The first-order chi connectivity index (χ1) is 56.0. The fraction of sp³-hybridized carbons (Fsp3) is 0.286. The summed E-state index contributed by atoms with van der Waals surface area (Å²) in [6, 6.07) is 50.0. The lowest BCUT2D eigenvalue weighted by Crippen LogP contribution is -2.58. The number of rotatable bonds is 15. The Kier molecular flexibility index (Phi) is 29.5. The van der Waals surface area contributed by atoms with E-state index in [1.165, 1.54) is 24.7 Å². The van der Waals surface area contributed by atoms with Crippen molar-refractivity contribution in [3.8, 4) is 70.8 Å². The number of hydrogen-bond acceptors (Lipinski definition) is 21. The number of ether oxygens (including phenoxy) is 6. The van der Waals surface area contributed by atoms with E-state index in [-0.39, 0.29) is 74.3 Å². The van der Waals surface area contributed by atoms with Gasteiger partial charge in [0.05, 0.1) is 69.6 Å². The topological polar surface area (TPSA) is 377 Å². The second-order valence-corrected chi connectivity index (χ2v) is 29.0. The minimum Gasteiger partial charge on any atom is -0.480 e. The number of carboxylic acids is 1. The van der Waals surface area contributed by atoms with Crippen molar-refractivity contribution in [2.45, 2.75) is 122 Å². The summed E-state index contributed by atoms with van der Waals surface area (Å²) < 4.78 is 114. The van der Waals surface area contributed by atoms with Crippen molar-refractivity contribution in [3.05, 3.63) is 217 Å². The van der Waals surface area contributed by atoms with E-state index in [1.54, 1.807) is 113 Å². The summed E-state index contributed by atoms with van der Waals surface area (Å²) in [4.78, 5) is 66.8. The molecular weight excluding hydrogens is 1610 g/mol. The molecule has 2 fully saturated rings. The van der Waals surface area contributed by atoms with E-state index in [4.69, 9.17) is 59.7 Å². The number of piperidine rings is 2. The molecule has 0 saturated carbocycles. The molecule has 0 bridgehead atoms. The zero-order valence-electron chi connectivity index (χ0n) is 64.4. The molecule has 12 aromatic rings. The monoisotopic (exact) mass is 1680 g/mol. The second kappa shape index (κ2) is 39.3. The molecule has 2 saturated heterocycles. The third-order valence-corrected chi connectivity index (χ3v) is 17.7. The molecule has 0 aliphatic carbocycles. The number of aromatic nitrogens is 8. The molecule has 2 aliphatic rings. The molecule has 2 unspecified atom stereocenters. The molecule has 8 aromatic heterocycles. The summed E-state index contributed by atoms with van der Waals surface area (Å²) >= 11 is 2.99. The van der Waals surface area contributed by atoms with Crippen LogP contribution in [0.15, 0.2) is 195 Å². The first-order valence-electron chi connectivity index (χ1n) is 36.2. The number of nitrogens with zero attached hydrogens (tertiary/aromatic N) is 12. The van der Waals surface area contributed by atoms with Gasteiger partial charge in [-0.1, -0.05) is 40.2 Å². The van der Waals surface area contributed by atoms with Gasteiger partial charge in [-0.25, -0.2) is 19.9 Å². The largest absolute Gasteiger partial charge is 0.480 e. The van der Waals surface area contributed by atoms with Crippen LogP contribution in [0, 0.1) is 45.3 Å². The highest BCUT2D eigenvalue weighted by atomic mass is 79.9. The van der Waals surface area contributed by atoms with Gasteiger partial charge >= 0.3 is 30.3 Å². The highest BCUT2D eigenvalue weighted by Crippen LogP contribution is 2.40. The predicted molar refractivity (Wildman–Crippen MR) is 423 cm³/mol. The van der Waals surface area contributed by atoms with Crippen molar-refractivity contribution in [3.63, 3.8) is 0 Å². The van der Waals surface area contributed by atoms with E-state index in [0.717, 1.165) is 43.4 Å². The predicted octanol–water partition coefficient (Wildman–Crippen LogP) is 16.1. The average molecular weight is 1690 g/mol. The van der Waals surface area contributed by atoms with Crippen LogP contribution in [-0.2, 0) is 48.3 Å². The Morgan fingerprint density at radius 2 is 0.881 bits per heavy atom. The van der Waals surface area contributed by atoms with E-state index in [1.807, 2.05) is 125 Å². The van der Waals surface area contributed by atoms with E-state index in [0.29, 0.717) is 81.0 Å². The highest BCUT2D eigenvalue weighted by Gasteiger charge is 2.56. The number of nitriles is 4. The third kappa shape index (κ3) is 24.6. The standard InChI is InChI=1S/C22H19F3N4O3.C20H19N3O3.C16H11N3O3.C14H9N3O.C6H11BrO2.C6H10F3NO/c23-22(24,25)21(31)7-2-9-29(14-21)20(30)13-28-10-6-16-17(28)3-1-4-18(16)32-19-11-15(12-26)5-8-27-19;1-20(2,3)26-19(24)13-23-10-8-15-16(23)5-4-6-17(15)25-18-11-14(12-21)7-9-22-18;17-9-11-4-6-18-15(8-11)22-14-3-1-2-13-12(14)5-7-19(13)10-16(20)21;15-9-10-4-6-17-14(8-10)18-13-3-1-2-12-11(13)5-7-16-12;1-6(2,3)9-5(8)4-7;7-6(8,9)5(11)2-1-3-10-4-5/h1,3-6,8,10-11,31H,2,7,9,13-14H2;4-11H,13H2,1-3H3;1-8H,10H2,(H,20,21);1-8,16H;4H2,1-3H3;10-11H,1-4H2. The Balaban J connectivity index is 0.000000169. The van der Waals surface area contributed by atoms with E-state index in [9.17, 15) is 50.6 Å². The Labute approximate surface area is 680 Å². The van der Waals surface area contributed by atoms with E-state index < -0.39 is 54.0 Å². The maximum atomic E-state index is 13.2. The Bertz CT molecular complexity index is 5700. The summed E-state index contributed by atoms with van der Waals surface area (Å²) in [7, 11) is 0. The van der Waals surface area contributed by atoms with Gasteiger partial charge in [-0.05, 0) is 171 Å². The van der Waals surface area contributed by atoms with Gasteiger partial charge < -0.3 is 72.6 Å². The molecule has 14 rings (SSSR count). The maximum Gasteiger partial charge on any atom is 0.418 e. The number of β-amino-alcohol motifs (C(OH)–C–C–N with tert-alkyl or cyclic N) is 2. The number of H-pyrrole nitrogens is 1. The number of aliphatic carboxylic acids is 1. The lowest BCUT2D eigenvalue weighted by atomic mass is 9.92. The first kappa shape index (κ1) is 88.6. The molecule has 1 amide bonds. The number of halogens is 7. The highest BCUT2D eigenvalue weighted by molar-refractivity contribution is 9.09. The number of carbonyl (C=O) groups excluding carboxylic acids is 3. The normalized spacial score (nSPS) is 15.1. The summed E-state index contributed by atoms with van der Waals surface area (Å²) in [5.74, 6) is 1.71. The van der Waals surface area contributed by atoms with Crippen LogP contribution in [0.2, 0.25) is 0 Å². The van der Waals surface area contributed by atoms with Gasteiger partial charge in [-0.2, -0.15) is 47.4 Å². The van der Waals surface area contributed by atoms with Crippen molar-refractivity contribution in [2.24, 2.45) is 0 Å². The molecule has 27 nitrogen and oxygen atoms in total. The summed E-state index contributed by atoms with van der Waals surface area (Å²) in [5.41, 5.74) is -1.13. The zero-order chi connectivity index (χ0) is 85.6. The van der Waals surface area contributed by atoms with Crippen molar-refractivity contribution >= 4 is 83.4 Å². The zero-order valence-corrected chi connectivity index (χ0v) is 66.0. The average Bonchev–Trinajstić information content (AvgIpc) is 0.822. The van der Waals surface area contributed by atoms with Gasteiger partial charge in [0, 0.05) is 114 Å². The number of hydrogen-bond donors (Lipinski definition) is 5. The minimum atomic E-state index is -4.80. The molecular formula is C84H79BrF6N14O13. The van der Waals surface area contributed by atoms with Crippen LogP contribution in [0.4, 0.5) is 26.3 Å². The second-order valence-electron chi connectivity index (χ2n) is 28.4. The van der Waals surface area contributed by atoms with Crippen LogP contribution >= 0.6 is 15.9 Å². The van der Waals surface area contributed by atoms with Crippen LogP contribution in [0.3, 0.4) is 0 Å². The number of amides is 1. The van der Waals surface area contributed by atoms with Gasteiger partial charge in [0.15, 0.2) is 11.2 Å². The summed E-state index contributed by atoms with van der Waals surface area (Å²) in [6.45, 7) is 10.4. The van der Waals surface area contributed by atoms with Crippen LogP contribution in [0.25, 0.3) is 43.6 Å². The lowest BCUT2D eigenvalue weighted by Gasteiger charge is -2.40. The van der Waals surface area contributed by atoms with Crippen LogP contribution < -0.4 is 24.3 Å². The van der Waals surface area contributed by atoms with Gasteiger partial charge in [0.2, 0.25) is 29.4 Å². The quantitative estimate of drug-likeness (QED) is 0.0361. The van der Waals surface area contributed by atoms with Crippen LogP contribution in [0.1, 0.15) is 89.5 Å². The number of aliphatic hydroxyl groups is 2. The number of benzene rings is 4. The maximum absolute atomic E-state index is 13.2. The van der Waals surface area contributed by atoms with Crippen molar-refractivity contribution < 1.29 is 89.3 Å². The molecule has 2 aliphatic heterocycles. The molecule has 5 N–H and O–H groups in total. The first-order valence-corrected chi connectivity index (χ1v) is 37.4. The Hall–Kier alpha value is -13.4. The number of carbonyl (C=O) groups is 4. The SMILES string of the molecule is CC(C)(C)OC(=O)CBr.CC(C)(C)OC(=O)Cn1ccc2c(Oc3cc(C#N)ccn3)cccc21.N#Cc1ccnc(Oc2cccc3[nH]ccc23)c1.N#Cc1ccnc(Oc2cccc3c2ccn3CC(=O)N2CCCC(O)(C(F)(F)F)C2)c1.N#Cc1ccnc(Oc2cccc3c2ccn3CC(=O)O)c1.OC1(C(F)(F)F)CCCNC1. The van der Waals surface area contributed by atoms with Gasteiger partial charge in [0.25, 0.3) is 0 Å². The van der Waals surface area contributed by atoms with Crippen LogP contribution in [0.5, 0.6) is 46.5 Å². The van der Waals surface area contributed by atoms with Gasteiger partial charge in [-0.15, -0.1) is 0 Å². The molecule has 4 aromatic carbocycles. The molecule has 2 atom stereocenters. The number of aromatic amines is 1.